The van der Waals surface area contributed by atoms with Gasteiger partial charge in [-0.15, -0.1) is 0 Å². The predicted octanol–water partition coefficient (Wildman–Crippen LogP) is 0.486. The first kappa shape index (κ1) is 9.17. The number of hydrogen-bond acceptors (Lipinski definition) is 3. The lowest BCUT2D eigenvalue weighted by Crippen LogP contribution is -2.05. The van der Waals surface area contributed by atoms with Gasteiger partial charge in [0, 0.05) is 6.08 Å². The number of methoxy groups -OCH3 is 1. The summed E-state index contributed by atoms with van der Waals surface area (Å²) in [6, 6.07) is 0. The Balaban J connectivity index is 4.03. The molecule has 0 aliphatic carbocycles. The average molecular weight is 144 g/mol. The Kier molecular flexibility index (Phi) is 3.72. The number of aliphatic hydroxyl groups excluding tert-OH is 1. The van der Waals surface area contributed by atoms with Gasteiger partial charge in [-0.2, -0.15) is 0 Å². The third-order valence-corrected chi connectivity index (χ3v) is 1.21. The van der Waals surface area contributed by atoms with Crippen LogP contribution in [0.1, 0.15) is 13.8 Å². The molecule has 0 saturated carbocycles. The molecule has 0 fully saturated rings. The molecule has 58 valence electrons. The zero-order chi connectivity index (χ0) is 8.15. The molecule has 1 unspecified atom stereocenters. The second-order valence-electron chi connectivity index (χ2n) is 2.09. The van der Waals surface area contributed by atoms with Crippen LogP contribution in [0.5, 0.6) is 0 Å². The van der Waals surface area contributed by atoms with Gasteiger partial charge in [-0.3, -0.25) is 0 Å². The zero-order valence-corrected chi connectivity index (χ0v) is 6.42. The lowest BCUT2D eigenvalue weighted by atomic mass is 10.2. The van der Waals surface area contributed by atoms with Gasteiger partial charge < -0.3 is 9.84 Å². The Morgan fingerprint density at radius 1 is 1.70 bits per heavy atom. The van der Waals surface area contributed by atoms with Crippen LogP contribution in [-0.4, -0.2) is 24.3 Å². The highest BCUT2D eigenvalue weighted by Crippen LogP contribution is 1.99. The van der Waals surface area contributed by atoms with Gasteiger partial charge in [0.05, 0.1) is 13.2 Å². The minimum Gasteiger partial charge on any atom is -0.466 e. The maximum atomic E-state index is 10.5. The fourth-order valence-corrected chi connectivity index (χ4v) is 0.365. The smallest absolute Gasteiger partial charge is 0.330 e. The molecule has 1 atom stereocenters. The highest BCUT2D eigenvalue weighted by molar-refractivity contribution is 5.82. The first-order chi connectivity index (χ1) is 4.57. The van der Waals surface area contributed by atoms with Gasteiger partial charge in [-0.1, -0.05) is 0 Å². The van der Waals surface area contributed by atoms with Gasteiger partial charge in [0.25, 0.3) is 0 Å². The minimum absolute atomic E-state index is 0.432. The van der Waals surface area contributed by atoms with Gasteiger partial charge in [-0.25, -0.2) is 4.79 Å². The molecule has 10 heavy (non-hydrogen) atoms. The highest BCUT2D eigenvalue weighted by atomic mass is 16.5. The first-order valence-corrected chi connectivity index (χ1v) is 3.02. The van der Waals surface area contributed by atoms with Gasteiger partial charge in [0.2, 0.25) is 0 Å². The van der Waals surface area contributed by atoms with Crippen LogP contribution in [0, 0.1) is 0 Å². The number of rotatable bonds is 2. The molecule has 0 saturated heterocycles. The normalized spacial score (nSPS) is 14.6. The third-order valence-electron chi connectivity index (χ3n) is 1.21. The lowest BCUT2D eigenvalue weighted by molar-refractivity contribution is -0.134. The molecule has 0 aliphatic heterocycles. The maximum Gasteiger partial charge on any atom is 0.330 e. The average Bonchev–Trinajstić information content (AvgIpc) is 1.87. The topological polar surface area (TPSA) is 46.5 Å². The standard InChI is InChI=1S/C7H12O3/c1-5(6(2)8)4-7(9)10-3/h4,6,8H,1-3H3/b5-4+. The molecule has 0 aromatic carbocycles. The van der Waals surface area contributed by atoms with E-state index in [2.05, 4.69) is 4.74 Å². The van der Waals surface area contributed by atoms with Crippen LogP contribution in [0.4, 0.5) is 0 Å². The van der Waals surface area contributed by atoms with Crippen molar-refractivity contribution in [1.29, 1.82) is 0 Å². The fourth-order valence-electron chi connectivity index (χ4n) is 0.365. The van der Waals surface area contributed by atoms with E-state index >= 15 is 0 Å². The third kappa shape index (κ3) is 3.25. The summed E-state index contributed by atoms with van der Waals surface area (Å²) in [5, 5.41) is 8.89. The second-order valence-corrected chi connectivity index (χ2v) is 2.09. The highest BCUT2D eigenvalue weighted by Gasteiger charge is 2.00. The van der Waals surface area contributed by atoms with Crippen LogP contribution in [0.15, 0.2) is 11.6 Å². The number of esters is 1. The SMILES string of the molecule is COC(=O)/C=C(\C)C(C)O. The molecule has 0 radical (unpaired) electrons. The Labute approximate surface area is 60.3 Å². The molecule has 3 nitrogen and oxygen atoms in total. The van der Waals surface area contributed by atoms with Crippen LogP contribution in [0.2, 0.25) is 0 Å². The van der Waals surface area contributed by atoms with Crippen LogP contribution in [-0.2, 0) is 9.53 Å². The molecular weight excluding hydrogens is 132 g/mol. The summed E-state index contributed by atoms with van der Waals surface area (Å²) in [5.41, 5.74) is 0.604. The van der Waals surface area contributed by atoms with Gasteiger partial charge in [-0.05, 0) is 19.4 Å². The van der Waals surface area contributed by atoms with E-state index in [1.807, 2.05) is 0 Å². The quantitative estimate of drug-likeness (QED) is 0.453. The number of ether oxygens (including phenoxy) is 1. The van der Waals surface area contributed by atoms with Crippen molar-refractivity contribution in [3.8, 4) is 0 Å². The van der Waals surface area contributed by atoms with Crippen molar-refractivity contribution < 1.29 is 14.6 Å². The molecule has 0 amide bonds. The molecule has 0 spiro atoms. The van der Waals surface area contributed by atoms with E-state index in [9.17, 15) is 4.79 Å². The predicted molar refractivity (Wildman–Crippen MR) is 37.5 cm³/mol. The van der Waals surface area contributed by atoms with Crippen LogP contribution < -0.4 is 0 Å². The Morgan fingerprint density at radius 2 is 2.20 bits per heavy atom. The second kappa shape index (κ2) is 4.06. The zero-order valence-electron chi connectivity index (χ0n) is 6.42. The first-order valence-electron chi connectivity index (χ1n) is 3.02. The van der Waals surface area contributed by atoms with Crippen LogP contribution >= 0.6 is 0 Å². The summed E-state index contributed by atoms with van der Waals surface area (Å²) in [7, 11) is 1.30. The van der Waals surface area contributed by atoms with Crippen molar-refractivity contribution in [3.05, 3.63) is 11.6 Å². The Morgan fingerprint density at radius 3 is 2.50 bits per heavy atom. The van der Waals surface area contributed by atoms with Crippen LogP contribution in [0.3, 0.4) is 0 Å². The molecule has 0 rings (SSSR count). The molecule has 0 aromatic heterocycles. The van der Waals surface area contributed by atoms with E-state index in [0.717, 1.165) is 0 Å². The number of hydrogen-bond donors (Lipinski definition) is 1. The molecular formula is C7H12O3. The van der Waals surface area contributed by atoms with E-state index < -0.39 is 12.1 Å². The van der Waals surface area contributed by atoms with Gasteiger partial charge in [0.1, 0.15) is 0 Å². The van der Waals surface area contributed by atoms with E-state index in [1.54, 1.807) is 13.8 Å². The summed E-state index contributed by atoms with van der Waals surface area (Å²) in [5.74, 6) is -0.432. The molecule has 0 bridgehead atoms. The van der Waals surface area contributed by atoms with E-state index in [-0.39, 0.29) is 0 Å². The monoisotopic (exact) mass is 144 g/mol. The summed E-state index contributed by atoms with van der Waals surface area (Å²) in [4.78, 5) is 10.5. The number of carbonyl (C=O) groups is 1. The molecule has 3 heteroatoms. The molecule has 1 N–H and O–H groups in total. The minimum atomic E-state index is -0.584. The van der Waals surface area contributed by atoms with Crippen molar-refractivity contribution in [1.82, 2.24) is 0 Å². The summed E-state index contributed by atoms with van der Waals surface area (Å²) in [6.45, 7) is 3.26. The van der Waals surface area contributed by atoms with E-state index in [1.165, 1.54) is 13.2 Å². The van der Waals surface area contributed by atoms with E-state index in [0.29, 0.717) is 5.57 Å². The lowest BCUT2D eigenvalue weighted by Gasteiger charge is -2.01. The molecule has 0 aromatic rings. The number of aliphatic hydroxyl groups is 1. The van der Waals surface area contributed by atoms with Crippen molar-refractivity contribution in [3.63, 3.8) is 0 Å². The van der Waals surface area contributed by atoms with Crippen molar-refractivity contribution >= 4 is 5.97 Å². The summed E-state index contributed by atoms with van der Waals surface area (Å²) < 4.78 is 4.34. The van der Waals surface area contributed by atoms with Crippen molar-refractivity contribution in [2.45, 2.75) is 20.0 Å². The van der Waals surface area contributed by atoms with Crippen molar-refractivity contribution in [2.24, 2.45) is 0 Å². The van der Waals surface area contributed by atoms with Gasteiger partial charge >= 0.3 is 5.97 Å². The summed E-state index contributed by atoms with van der Waals surface area (Å²) in [6.07, 6.45) is 0.684. The largest absolute Gasteiger partial charge is 0.466 e. The number of carbonyl (C=O) groups excluding carboxylic acids is 1. The van der Waals surface area contributed by atoms with E-state index in [4.69, 9.17) is 5.11 Å². The van der Waals surface area contributed by atoms with Gasteiger partial charge in [0.15, 0.2) is 0 Å². The Bertz CT molecular complexity index is 147. The Hall–Kier alpha value is -0.830. The van der Waals surface area contributed by atoms with Crippen LogP contribution in [0.25, 0.3) is 0 Å². The summed E-state index contributed by atoms with van der Waals surface area (Å²) >= 11 is 0. The molecule has 0 aliphatic rings. The maximum absolute atomic E-state index is 10.5. The fraction of sp³-hybridized carbons (Fsp3) is 0.571. The van der Waals surface area contributed by atoms with Crippen molar-refractivity contribution in [2.75, 3.05) is 7.11 Å². The molecule has 0 heterocycles.